The minimum absolute atomic E-state index is 0.175. The first-order chi connectivity index (χ1) is 15.8. The van der Waals surface area contributed by atoms with E-state index in [4.69, 9.17) is 14.2 Å². The highest BCUT2D eigenvalue weighted by Crippen LogP contribution is 2.40. The third kappa shape index (κ3) is 5.52. The average Bonchev–Trinajstić information content (AvgIpc) is 3.07. The Morgan fingerprint density at radius 3 is 2.27 bits per heavy atom. The first kappa shape index (κ1) is 24.7. The van der Waals surface area contributed by atoms with E-state index in [1.54, 1.807) is 21.3 Å². The Balaban J connectivity index is 1.68. The van der Waals surface area contributed by atoms with Crippen molar-refractivity contribution in [2.45, 2.75) is 53.5 Å². The molecule has 0 fully saturated rings. The highest BCUT2D eigenvalue weighted by atomic mass is 16.5. The summed E-state index contributed by atoms with van der Waals surface area (Å²) >= 11 is 0. The van der Waals surface area contributed by atoms with Crippen molar-refractivity contribution >= 4 is 11.5 Å². The van der Waals surface area contributed by atoms with Gasteiger partial charge in [0, 0.05) is 43.9 Å². The first-order valence-electron chi connectivity index (χ1n) is 11.6. The molecule has 0 bridgehead atoms. The zero-order valence-corrected chi connectivity index (χ0v) is 21.0. The van der Waals surface area contributed by atoms with E-state index in [9.17, 15) is 4.79 Å². The Bertz CT molecular complexity index is 998. The average molecular weight is 456 g/mol. The molecular formula is C26H37N3O4. The molecule has 0 aliphatic carbocycles. The predicted octanol–water partition coefficient (Wildman–Crippen LogP) is 4.43. The Morgan fingerprint density at radius 2 is 1.76 bits per heavy atom. The van der Waals surface area contributed by atoms with Crippen LogP contribution in [0.5, 0.6) is 17.2 Å². The molecule has 33 heavy (non-hydrogen) atoms. The molecule has 2 heterocycles. The number of carbonyl (C=O) groups is 1. The SMILES string of the molecule is COc1cc(OC)c(C2=CCN(C(=O)CCc3c(C)nn(CC(C)C)c3C)CC2)c(OC)c1. The van der Waals surface area contributed by atoms with Crippen molar-refractivity contribution in [2.75, 3.05) is 34.4 Å². The molecule has 0 saturated heterocycles. The number of ether oxygens (including phenoxy) is 3. The maximum atomic E-state index is 13.0. The van der Waals surface area contributed by atoms with Gasteiger partial charge in [0.1, 0.15) is 17.2 Å². The molecule has 0 unspecified atom stereocenters. The molecule has 1 aromatic carbocycles. The predicted molar refractivity (Wildman–Crippen MR) is 130 cm³/mol. The summed E-state index contributed by atoms with van der Waals surface area (Å²) in [5.41, 5.74) is 5.45. The Labute approximate surface area is 197 Å². The number of rotatable bonds is 9. The molecule has 7 heteroatoms. The number of hydrogen-bond acceptors (Lipinski definition) is 5. The number of nitrogens with zero attached hydrogens (tertiary/aromatic N) is 3. The fourth-order valence-electron chi connectivity index (χ4n) is 4.45. The van der Waals surface area contributed by atoms with Crippen LogP contribution in [0, 0.1) is 19.8 Å². The van der Waals surface area contributed by atoms with Crippen molar-refractivity contribution in [3.8, 4) is 17.2 Å². The number of methoxy groups -OCH3 is 3. The Kier molecular flexibility index (Phi) is 8.06. The minimum atomic E-state index is 0.175. The zero-order valence-electron chi connectivity index (χ0n) is 21.0. The van der Waals surface area contributed by atoms with Gasteiger partial charge < -0.3 is 19.1 Å². The number of amides is 1. The van der Waals surface area contributed by atoms with Crippen molar-refractivity contribution in [3.05, 3.63) is 40.7 Å². The normalized spacial score (nSPS) is 13.8. The van der Waals surface area contributed by atoms with Crippen molar-refractivity contribution in [1.82, 2.24) is 14.7 Å². The topological polar surface area (TPSA) is 65.8 Å². The van der Waals surface area contributed by atoms with Crippen molar-refractivity contribution in [3.63, 3.8) is 0 Å². The largest absolute Gasteiger partial charge is 0.496 e. The van der Waals surface area contributed by atoms with E-state index in [0.29, 0.717) is 42.7 Å². The van der Waals surface area contributed by atoms with Gasteiger partial charge in [-0.15, -0.1) is 0 Å². The lowest BCUT2D eigenvalue weighted by Gasteiger charge is -2.28. The van der Waals surface area contributed by atoms with Gasteiger partial charge in [0.2, 0.25) is 5.91 Å². The van der Waals surface area contributed by atoms with Crippen molar-refractivity contribution in [2.24, 2.45) is 5.92 Å². The second-order valence-electron chi connectivity index (χ2n) is 8.95. The summed E-state index contributed by atoms with van der Waals surface area (Å²) in [4.78, 5) is 14.9. The van der Waals surface area contributed by atoms with E-state index in [1.165, 1.54) is 11.3 Å². The molecule has 0 spiro atoms. The molecule has 0 radical (unpaired) electrons. The van der Waals surface area contributed by atoms with Crippen LogP contribution >= 0.6 is 0 Å². The summed E-state index contributed by atoms with van der Waals surface area (Å²) in [6.45, 7) is 10.7. The fourth-order valence-corrected chi connectivity index (χ4v) is 4.45. The summed E-state index contributed by atoms with van der Waals surface area (Å²) in [7, 11) is 4.91. The second-order valence-corrected chi connectivity index (χ2v) is 8.95. The van der Waals surface area contributed by atoms with Crippen LogP contribution in [0.1, 0.15) is 49.2 Å². The molecule has 1 aromatic heterocycles. The number of aryl methyl sites for hydroxylation is 1. The maximum absolute atomic E-state index is 13.0. The molecule has 2 aromatic rings. The molecule has 7 nitrogen and oxygen atoms in total. The third-order valence-corrected chi connectivity index (χ3v) is 6.26. The fraction of sp³-hybridized carbons (Fsp3) is 0.538. The van der Waals surface area contributed by atoms with Gasteiger partial charge in [0.15, 0.2) is 0 Å². The van der Waals surface area contributed by atoms with Crippen molar-refractivity contribution in [1.29, 1.82) is 0 Å². The van der Waals surface area contributed by atoms with E-state index in [-0.39, 0.29) is 5.91 Å². The number of benzene rings is 1. The van der Waals surface area contributed by atoms with Crippen LogP contribution in [0.25, 0.3) is 5.57 Å². The lowest BCUT2D eigenvalue weighted by atomic mass is 9.96. The smallest absolute Gasteiger partial charge is 0.223 e. The van der Waals surface area contributed by atoms with Gasteiger partial charge in [-0.25, -0.2) is 0 Å². The molecule has 0 atom stereocenters. The Morgan fingerprint density at radius 1 is 1.09 bits per heavy atom. The van der Waals surface area contributed by atoms with Gasteiger partial charge >= 0.3 is 0 Å². The summed E-state index contributed by atoms with van der Waals surface area (Å²) in [5.74, 6) is 2.82. The highest BCUT2D eigenvalue weighted by Gasteiger charge is 2.23. The van der Waals surface area contributed by atoms with Crippen LogP contribution < -0.4 is 14.2 Å². The molecule has 0 N–H and O–H groups in total. The number of carbonyl (C=O) groups excluding carboxylic acids is 1. The van der Waals surface area contributed by atoms with E-state index in [0.717, 1.165) is 36.2 Å². The standard InChI is InChI=1S/C26H37N3O4/c1-17(2)16-29-19(4)22(18(3)27-29)8-9-25(30)28-12-10-20(11-13-28)26-23(32-6)14-21(31-5)15-24(26)33-7/h10,14-15,17H,8-9,11-13,16H2,1-7H3. The van der Waals surface area contributed by atoms with Crippen LogP contribution in [-0.4, -0.2) is 55.0 Å². The summed E-state index contributed by atoms with van der Waals surface area (Å²) < 4.78 is 18.6. The lowest BCUT2D eigenvalue weighted by molar-refractivity contribution is -0.130. The molecular weight excluding hydrogens is 418 g/mol. The van der Waals surface area contributed by atoms with Gasteiger partial charge in [-0.2, -0.15) is 5.10 Å². The van der Waals surface area contributed by atoms with Crippen LogP contribution in [0.15, 0.2) is 18.2 Å². The molecule has 3 rings (SSSR count). The second kappa shape index (κ2) is 10.8. The monoisotopic (exact) mass is 455 g/mol. The molecule has 1 aliphatic rings. The molecule has 1 aliphatic heterocycles. The Hall–Kier alpha value is -2.96. The van der Waals surface area contributed by atoms with E-state index < -0.39 is 0 Å². The summed E-state index contributed by atoms with van der Waals surface area (Å²) in [5, 5.41) is 4.68. The maximum Gasteiger partial charge on any atom is 0.223 e. The number of hydrogen-bond donors (Lipinski definition) is 0. The summed E-state index contributed by atoms with van der Waals surface area (Å²) in [6, 6.07) is 3.72. The summed E-state index contributed by atoms with van der Waals surface area (Å²) in [6.07, 6.45) is 4.07. The van der Waals surface area contributed by atoms with E-state index >= 15 is 0 Å². The quantitative estimate of drug-likeness (QED) is 0.560. The van der Waals surface area contributed by atoms with Crippen LogP contribution in [-0.2, 0) is 17.8 Å². The van der Waals surface area contributed by atoms with Crippen LogP contribution in [0.4, 0.5) is 0 Å². The van der Waals surface area contributed by atoms with Gasteiger partial charge in [0.05, 0.1) is 32.6 Å². The molecule has 180 valence electrons. The van der Waals surface area contributed by atoms with Crippen LogP contribution in [0.2, 0.25) is 0 Å². The van der Waals surface area contributed by atoms with Gasteiger partial charge in [-0.1, -0.05) is 19.9 Å². The molecule has 0 saturated carbocycles. The van der Waals surface area contributed by atoms with Gasteiger partial charge in [0.25, 0.3) is 0 Å². The third-order valence-electron chi connectivity index (χ3n) is 6.26. The zero-order chi connectivity index (χ0) is 24.1. The number of aromatic nitrogens is 2. The minimum Gasteiger partial charge on any atom is -0.496 e. The first-order valence-corrected chi connectivity index (χ1v) is 11.6. The van der Waals surface area contributed by atoms with Crippen molar-refractivity contribution < 1.29 is 19.0 Å². The highest BCUT2D eigenvalue weighted by molar-refractivity contribution is 5.81. The van der Waals surface area contributed by atoms with Gasteiger partial charge in [-0.3, -0.25) is 9.48 Å². The molecule has 1 amide bonds. The van der Waals surface area contributed by atoms with Crippen LogP contribution in [0.3, 0.4) is 0 Å². The van der Waals surface area contributed by atoms with Gasteiger partial charge in [-0.05, 0) is 43.7 Å². The van der Waals surface area contributed by atoms with E-state index in [2.05, 4.69) is 36.6 Å². The lowest BCUT2D eigenvalue weighted by Crippen LogP contribution is -2.34. The van der Waals surface area contributed by atoms with E-state index in [1.807, 2.05) is 24.0 Å².